The predicted octanol–water partition coefficient (Wildman–Crippen LogP) is 2.50. The molecule has 3 heteroatoms. The smallest absolute Gasteiger partial charge is 0.165 e. The summed E-state index contributed by atoms with van der Waals surface area (Å²) in [7, 11) is 1.82. The topological polar surface area (TPSA) is 21.3 Å². The van der Waals surface area contributed by atoms with E-state index in [1.807, 2.05) is 13.1 Å². The van der Waals surface area contributed by atoms with Crippen molar-refractivity contribution in [1.82, 2.24) is 5.32 Å². The zero-order valence-corrected chi connectivity index (χ0v) is 8.92. The van der Waals surface area contributed by atoms with Crippen molar-refractivity contribution < 1.29 is 9.13 Å². The predicted molar refractivity (Wildman–Crippen MR) is 59.5 cm³/mol. The summed E-state index contributed by atoms with van der Waals surface area (Å²) in [5.41, 5.74) is 0.835. The number of ether oxygens (including phenoxy) is 1. The molecule has 0 radical (unpaired) electrons. The molecule has 82 valence electrons. The molecular formula is C12H16FNO. The normalized spacial score (nSPS) is 10.0. The van der Waals surface area contributed by atoms with Gasteiger partial charge in [-0.3, -0.25) is 0 Å². The Morgan fingerprint density at radius 3 is 3.00 bits per heavy atom. The zero-order chi connectivity index (χ0) is 11.1. The third kappa shape index (κ3) is 3.36. The highest BCUT2D eigenvalue weighted by Gasteiger charge is 2.08. The third-order valence-electron chi connectivity index (χ3n) is 1.98. The number of nitrogens with one attached hydrogen (secondary N) is 1. The van der Waals surface area contributed by atoms with Crippen molar-refractivity contribution in [3.05, 3.63) is 42.2 Å². The number of hydrogen-bond donors (Lipinski definition) is 1. The lowest BCUT2D eigenvalue weighted by molar-refractivity contribution is 0.304. The highest BCUT2D eigenvalue weighted by Crippen LogP contribution is 2.22. The summed E-state index contributed by atoms with van der Waals surface area (Å²) in [6.45, 7) is 4.64. The van der Waals surface area contributed by atoms with Gasteiger partial charge in [-0.2, -0.15) is 0 Å². The molecule has 1 aromatic carbocycles. The van der Waals surface area contributed by atoms with Crippen molar-refractivity contribution in [2.45, 2.75) is 13.0 Å². The van der Waals surface area contributed by atoms with Crippen LogP contribution in [0.1, 0.15) is 12.0 Å². The van der Waals surface area contributed by atoms with Crippen LogP contribution in [0, 0.1) is 5.82 Å². The molecule has 0 aromatic heterocycles. The van der Waals surface area contributed by atoms with E-state index < -0.39 is 0 Å². The fourth-order valence-electron chi connectivity index (χ4n) is 1.29. The number of para-hydroxylation sites is 1. The first-order chi connectivity index (χ1) is 7.29. The molecule has 0 atom stereocenters. The molecule has 0 spiro atoms. The minimum atomic E-state index is -0.313. The van der Waals surface area contributed by atoms with Crippen molar-refractivity contribution in [2.24, 2.45) is 0 Å². The summed E-state index contributed by atoms with van der Waals surface area (Å²) >= 11 is 0. The number of hydrogen-bond acceptors (Lipinski definition) is 2. The van der Waals surface area contributed by atoms with Gasteiger partial charge in [0.25, 0.3) is 0 Å². The summed E-state index contributed by atoms with van der Waals surface area (Å²) in [6.07, 6.45) is 2.46. The summed E-state index contributed by atoms with van der Waals surface area (Å²) < 4.78 is 18.8. The van der Waals surface area contributed by atoms with Crippen LogP contribution in [0.15, 0.2) is 30.9 Å². The lowest BCUT2D eigenvalue weighted by atomic mass is 10.2. The van der Waals surface area contributed by atoms with Crippen LogP contribution in [0.5, 0.6) is 5.75 Å². The van der Waals surface area contributed by atoms with E-state index in [9.17, 15) is 4.39 Å². The van der Waals surface area contributed by atoms with Crippen molar-refractivity contribution in [3.63, 3.8) is 0 Å². The third-order valence-corrected chi connectivity index (χ3v) is 1.98. The van der Waals surface area contributed by atoms with Gasteiger partial charge in [-0.1, -0.05) is 18.2 Å². The van der Waals surface area contributed by atoms with Gasteiger partial charge in [-0.25, -0.2) is 4.39 Å². The summed E-state index contributed by atoms with van der Waals surface area (Å²) in [6, 6.07) is 4.94. The fraction of sp³-hybridized carbons (Fsp3) is 0.333. The molecule has 0 aliphatic rings. The largest absolute Gasteiger partial charge is 0.490 e. The Kier molecular flexibility index (Phi) is 4.84. The van der Waals surface area contributed by atoms with E-state index in [1.54, 1.807) is 12.1 Å². The van der Waals surface area contributed by atoms with Gasteiger partial charge in [0.15, 0.2) is 11.6 Å². The zero-order valence-electron chi connectivity index (χ0n) is 8.92. The Labute approximate surface area is 89.8 Å². The summed E-state index contributed by atoms with van der Waals surface area (Å²) in [5, 5.41) is 2.98. The van der Waals surface area contributed by atoms with Gasteiger partial charge in [0, 0.05) is 12.1 Å². The summed E-state index contributed by atoms with van der Waals surface area (Å²) in [4.78, 5) is 0. The SMILES string of the molecule is C=CCCOc1c(F)cccc1CNC. The second kappa shape index (κ2) is 6.19. The average molecular weight is 209 g/mol. The monoisotopic (exact) mass is 209 g/mol. The average Bonchev–Trinajstić information content (AvgIpc) is 2.23. The van der Waals surface area contributed by atoms with E-state index in [-0.39, 0.29) is 5.82 Å². The van der Waals surface area contributed by atoms with Crippen molar-refractivity contribution in [3.8, 4) is 5.75 Å². The van der Waals surface area contributed by atoms with E-state index in [4.69, 9.17) is 4.74 Å². The molecule has 0 heterocycles. The molecule has 0 unspecified atom stereocenters. The Balaban J connectivity index is 2.76. The maximum atomic E-state index is 13.4. The van der Waals surface area contributed by atoms with Gasteiger partial charge < -0.3 is 10.1 Å². The van der Waals surface area contributed by atoms with Gasteiger partial charge >= 0.3 is 0 Å². The van der Waals surface area contributed by atoms with Crippen molar-refractivity contribution in [2.75, 3.05) is 13.7 Å². The first-order valence-electron chi connectivity index (χ1n) is 4.95. The van der Waals surface area contributed by atoms with E-state index in [0.717, 1.165) is 5.56 Å². The molecule has 0 fully saturated rings. The highest BCUT2D eigenvalue weighted by molar-refractivity contribution is 5.34. The summed E-state index contributed by atoms with van der Waals surface area (Å²) in [5.74, 6) is 0.0283. The Bertz CT molecular complexity index is 325. The van der Waals surface area contributed by atoms with Crippen molar-refractivity contribution >= 4 is 0 Å². The molecule has 1 N–H and O–H groups in total. The van der Waals surface area contributed by atoms with Crippen LogP contribution in [0.25, 0.3) is 0 Å². The molecule has 0 aliphatic heterocycles. The van der Waals surface area contributed by atoms with E-state index in [2.05, 4.69) is 11.9 Å². The standard InChI is InChI=1S/C12H16FNO/c1-3-4-8-15-12-10(9-14-2)6-5-7-11(12)13/h3,5-7,14H,1,4,8-9H2,2H3. The quantitative estimate of drug-likeness (QED) is 0.574. The lowest BCUT2D eigenvalue weighted by Crippen LogP contribution is -2.09. The number of halogens is 1. The number of benzene rings is 1. The Morgan fingerprint density at radius 2 is 2.33 bits per heavy atom. The van der Waals surface area contributed by atoms with Crippen molar-refractivity contribution in [1.29, 1.82) is 0 Å². The molecular weight excluding hydrogens is 193 g/mol. The molecule has 0 bridgehead atoms. The van der Waals surface area contributed by atoms with Gasteiger partial charge in [0.1, 0.15) is 0 Å². The van der Waals surface area contributed by atoms with E-state index >= 15 is 0 Å². The van der Waals surface area contributed by atoms with Crippen LogP contribution in [0.4, 0.5) is 4.39 Å². The lowest BCUT2D eigenvalue weighted by Gasteiger charge is -2.11. The van der Waals surface area contributed by atoms with E-state index in [1.165, 1.54) is 6.07 Å². The van der Waals surface area contributed by atoms with Crippen LogP contribution in [-0.4, -0.2) is 13.7 Å². The van der Waals surface area contributed by atoms with Crippen LogP contribution in [0.3, 0.4) is 0 Å². The van der Waals surface area contributed by atoms with Gasteiger partial charge in [-0.15, -0.1) is 6.58 Å². The van der Waals surface area contributed by atoms with Crippen LogP contribution < -0.4 is 10.1 Å². The molecule has 0 aliphatic carbocycles. The first kappa shape index (κ1) is 11.7. The Hall–Kier alpha value is -1.35. The number of rotatable bonds is 6. The van der Waals surface area contributed by atoms with Gasteiger partial charge in [-0.05, 0) is 19.5 Å². The molecule has 0 saturated carbocycles. The Morgan fingerprint density at radius 1 is 1.53 bits per heavy atom. The first-order valence-corrected chi connectivity index (χ1v) is 4.95. The van der Waals surface area contributed by atoms with Gasteiger partial charge in [0.05, 0.1) is 6.61 Å². The molecule has 2 nitrogen and oxygen atoms in total. The molecule has 15 heavy (non-hydrogen) atoms. The molecule has 0 amide bonds. The molecule has 0 saturated heterocycles. The van der Waals surface area contributed by atoms with Gasteiger partial charge in [0.2, 0.25) is 0 Å². The van der Waals surface area contributed by atoms with Crippen LogP contribution >= 0.6 is 0 Å². The second-order valence-electron chi connectivity index (χ2n) is 3.18. The van der Waals surface area contributed by atoms with Crippen LogP contribution in [-0.2, 0) is 6.54 Å². The maximum Gasteiger partial charge on any atom is 0.165 e. The second-order valence-corrected chi connectivity index (χ2v) is 3.18. The van der Waals surface area contributed by atoms with E-state index in [0.29, 0.717) is 25.3 Å². The minimum Gasteiger partial charge on any atom is -0.490 e. The van der Waals surface area contributed by atoms with Crippen LogP contribution in [0.2, 0.25) is 0 Å². The maximum absolute atomic E-state index is 13.4. The fourth-order valence-corrected chi connectivity index (χ4v) is 1.29. The molecule has 1 rings (SSSR count). The molecule has 1 aromatic rings. The highest BCUT2D eigenvalue weighted by atomic mass is 19.1. The minimum absolute atomic E-state index is 0.313.